The molecule has 0 aliphatic heterocycles. The maximum atomic E-state index is 12.4. The molecule has 4 nitrogen and oxygen atoms in total. The van der Waals surface area contributed by atoms with E-state index in [4.69, 9.17) is 11.5 Å². The van der Waals surface area contributed by atoms with Gasteiger partial charge in [-0.1, -0.05) is 23.6 Å². The summed E-state index contributed by atoms with van der Waals surface area (Å²) in [5.74, 6) is 2.31. The van der Waals surface area contributed by atoms with Crippen LogP contribution in [-0.4, -0.2) is 37.0 Å². The van der Waals surface area contributed by atoms with Crippen molar-refractivity contribution >= 4 is 10.0 Å². The normalized spacial score (nSPS) is 13.3. The lowest BCUT2D eigenvalue weighted by Crippen LogP contribution is -2.40. The summed E-state index contributed by atoms with van der Waals surface area (Å²) < 4.78 is 25.8. The minimum absolute atomic E-state index is 0.0576. The molecule has 1 N–H and O–H groups in total. The number of benzene rings is 1. The number of sulfonamides is 1. The van der Waals surface area contributed by atoms with E-state index in [0.29, 0.717) is 0 Å². The third-order valence-electron chi connectivity index (χ3n) is 2.63. The van der Waals surface area contributed by atoms with Gasteiger partial charge in [0.15, 0.2) is 0 Å². The third-order valence-corrected chi connectivity index (χ3v) is 4.60. The van der Waals surface area contributed by atoms with Gasteiger partial charge in [0.25, 0.3) is 0 Å². The first-order chi connectivity index (χ1) is 8.43. The fraction of sp³-hybridized carbons (Fsp3) is 0.385. The molecule has 1 atom stereocenters. The summed E-state index contributed by atoms with van der Waals surface area (Å²) in [7, 11) is -3.66. The predicted octanol–water partition coefficient (Wildman–Crippen LogP) is 1.000. The lowest BCUT2D eigenvalue weighted by molar-refractivity contribution is 0.207. The molecule has 0 spiro atoms. The average molecular weight is 267 g/mol. The standard InChI is InChI=1S/C13H17NO3S/c1-4-9-14(12(3)10-15)18(16,17)13-7-5-11(2)6-8-13/h1,5-8,12,15H,9-10H2,2-3H3/t12-/m0/s1. The molecule has 5 heteroatoms. The number of aliphatic hydroxyl groups excluding tert-OH is 1. The van der Waals surface area contributed by atoms with Crippen molar-refractivity contribution in [3.05, 3.63) is 29.8 Å². The van der Waals surface area contributed by atoms with Crippen molar-refractivity contribution in [3.63, 3.8) is 0 Å². The van der Waals surface area contributed by atoms with Crippen LogP contribution >= 0.6 is 0 Å². The average Bonchev–Trinajstić information content (AvgIpc) is 2.35. The lowest BCUT2D eigenvalue weighted by Gasteiger charge is -2.25. The summed E-state index contributed by atoms with van der Waals surface area (Å²) in [6.45, 7) is 3.17. The smallest absolute Gasteiger partial charge is 0.244 e. The third kappa shape index (κ3) is 3.10. The van der Waals surface area contributed by atoms with Gasteiger partial charge in [-0.15, -0.1) is 6.42 Å². The van der Waals surface area contributed by atoms with E-state index in [9.17, 15) is 8.42 Å². The van der Waals surface area contributed by atoms with Crippen molar-refractivity contribution in [2.75, 3.05) is 13.2 Å². The van der Waals surface area contributed by atoms with E-state index in [0.717, 1.165) is 9.87 Å². The highest BCUT2D eigenvalue weighted by Gasteiger charge is 2.27. The molecule has 0 aromatic heterocycles. The Kier molecular flexibility index (Phi) is 4.91. The van der Waals surface area contributed by atoms with Crippen molar-refractivity contribution in [1.29, 1.82) is 0 Å². The number of hydrogen-bond donors (Lipinski definition) is 1. The first kappa shape index (κ1) is 14.7. The highest BCUT2D eigenvalue weighted by atomic mass is 32.2. The number of rotatable bonds is 5. The van der Waals surface area contributed by atoms with E-state index in [1.54, 1.807) is 19.1 Å². The summed E-state index contributed by atoms with van der Waals surface area (Å²) in [5.41, 5.74) is 0.979. The minimum Gasteiger partial charge on any atom is -0.395 e. The number of nitrogens with zero attached hydrogens (tertiary/aromatic N) is 1. The van der Waals surface area contributed by atoms with Gasteiger partial charge in [0.1, 0.15) is 0 Å². The quantitative estimate of drug-likeness (QED) is 0.810. The molecule has 1 aromatic rings. The number of hydrogen-bond acceptors (Lipinski definition) is 3. The van der Waals surface area contributed by atoms with Gasteiger partial charge in [-0.2, -0.15) is 4.31 Å². The van der Waals surface area contributed by atoms with Crippen LogP contribution in [-0.2, 0) is 10.0 Å². The van der Waals surface area contributed by atoms with Crippen LogP contribution in [0.4, 0.5) is 0 Å². The van der Waals surface area contributed by atoms with E-state index < -0.39 is 16.1 Å². The SMILES string of the molecule is C#CCN([C@@H](C)CO)S(=O)(=O)c1ccc(C)cc1. The van der Waals surface area contributed by atoms with Crippen molar-refractivity contribution < 1.29 is 13.5 Å². The highest BCUT2D eigenvalue weighted by molar-refractivity contribution is 7.89. The second-order valence-electron chi connectivity index (χ2n) is 4.10. The lowest BCUT2D eigenvalue weighted by atomic mass is 10.2. The molecule has 0 fully saturated rings. The number of aryl methyl sites for hydroxylation is 1. The zero-order valence-corrected chi connectivity index (χ0v) is 11.3. The second-order valence-corrected chi connectivity index (χ2v) is 5.99. The van der Waals surface area contributed by atoms with Crippen molar-refractivity contribution in [1.82, 2.24) is 4.31 Å². The van der Waals surface area contributed by atoms with Gasteiger partial charge in [-0.05, 0) is 26.0 Å². The Balaban J connectivity index is 3.17. The Labute approximate surface area is 108 Å². The Bertz CT molecular complexity index is 528. The molecule has 0 saturated heterocycles. The van der Waals surface area contributed by atoms with Crippen molar-refractivity contribution in [2.24, 2.45) is 0 Å². The maximum Gasteiger partial charge on any atom is 0.244 e. The van der Waals surface area contributed by atoms with Crippen molar-refractivity contribution in [2.45, 2.75) is 24.8 Å². The first-order valence-electron chi connectivity index (χ1n) is 5.56. The molecule has 0 amide bonds. The maximum absolute atomic E-state index is 12.4. The van der Waals surface area contributed by atoms with E-state index in [1.165, 1.54) is 12.1 Å². The second kappa shape index (κ2) is 6.01. The summed E-state index contributed by atoms with van der Waals surface area (Å²) >= 11 is 0. The molecule has 0 heterocycles. The van der Waals surface area contributed by atoms with E-state index in [-0.39, 0.29) is 18.0 Å². The predicted molar refractivity (Wildman–Crippen MR) is 70.5 cm³/mol. The first-order valence-corrected chi connectivity index (χ1v) is 7.00. The fourth-order valence-electron chi connectivity index (χ4n) is 1.50. The van der Waals surface area contributed by atoms with Crippen LogP contribution in [0, 0.1) is 19.3 Å². The molecule has 0 unspecified atom stereocenters. The van der Waals surface area contributed by atoms with Crippen LogP contribution in [0.25, 0.3) is 0 Å². The Hall–Kier alpha value is -1.35. The number of aliphatic hydroxyl groups is 1. The monoisotopic (exact) mass is 267 g/mol. The van der Waals surface area contributed by atoms with Gasteiger partial charge in [0.05, 0.1) is 18.0 Å². The molecular formula is C13H17NO3S. The zero-order chi connectivity index (χ0) is 13.8. The van der Waals surface area contributed by atoms with E-state index in [2.05, 4.69) is 5.92 Å². The van der Waals surface area contributed by atoms with Crippen molar-refractivity contribution in [3.8, 4) is 12.3 Å². The topological polar surface area (TPSA) is 57.6 Å². The summed E-state index contributed by atoms with van der Waals surface area (Å²) in [6.07, 6.45) is 5.18. The summed E-state index contributed by atoms with van der Waals surface area (Å²) in [5, 5.41) is 9.11. The molecule has 0 aliphatic carbocycles. The molecule has 0 bridgehead atoms. The van der Waals surface area contributed by atoms with Crippen LogP contribution < -0.4 is 0 Å². The van der Waals surface area contributed by atoms with Gasteiger partial charge >= 0.3 is 0 Å². The molecule has 1 rings (SSSR count). The Morgan fingerprint density at radius 2 is 1.94 bits per heavy atom. The summed E-state index contributed by atoms with van der Waals surface area (Å²) in [4.78, 5) is 0.184. The van der Waals surface area contributed by atoms with Gasteiger partial charge in [0, 0.05) is 6.04 Å². The Morgan fingerprint density at radius 3 is 2.39 bits per heavy atom. The van der Waals surface area contributed by atoms with E-state index in [1.807, 2.05) is 6.92 Å². The molecule has 0 radical (unpaired) electrons. The van der Waals surface area contributed by atoms with Gasteiger partial charge in [-0.25, -0.2) is 8.42 Å². The zero-order valence-electron chi connectivity index (χ0n) is 10.5. The molecule has 18 heavy (non-hydrogen) atoms. The highest BCUT2D eigenvalue weighted by Crippen LogP contribution is 2.18. The molecule has 1 aromatic carbocycles. The van der Waals surface area contributed by atoms with Crippen LogP contribution in [0.2, 0.25) is 0 Å². The van der Waals surface area contributed by atoms with Crippen LogP contribution in [0.15, 0.2) is 29.2 Å². The summed E-state index contributed by atoms with van der Waals surface area (Å²) in [6, 6.07) is 5.98. The molecule has 98 valence electrons. The van der Waals surface area contributed by atoms with Crippen LogP contribution in [0.1, 0.15) is 12.5 Å². The minimum atomic E-state index is -3.66. The van der Waals surface area contributed by atoms with Gasteiger partial charge in [-0.3, -0.25) is 0 Å². The fourth-order valence-corrected chi connectivity index (χ4v) is 3.04. The van der Waals surface area contributed by atoms with Gasteiger partial charge in [0.2, 0.25) is 10.0 Å². The van der Waals surface area contributed by atoms with E-state index >= 15 is 0 Å². The van der Waals surface area contributed by atoms with Crippen LogP contribution in [0.3, 0.4) is 0 Å². The molecule has 0 aliphatic rings. The van der Waals surface area contributed by atoms with Gasteiger partial charge < -0.3 is 5.11 Å². The molecule has 0 saturated carbocycles. The van der Waals surface area contributed by atoms with Crippen LogP contribution in [0.5, 0.6) is 0 Å². The molecular weight excluding hydrogens is 250 g/mol. The Morgan fingerprint density at radius 1 is 1.39 bits per heavy atom. The number of terminal acetylenes is 1. The largest absolute Gasteiger partial charge is 0.395 e.